The number of nitrogens with zero attached hydrogens (tertiary/aromatic N) is 3. The summed E-state index contributed by atoms with van der Waals surface area (Å²) in [5.74, 6) is 0.739. The number of alkyl halides is 3. The molecule has 6 nitrogen and oxygen atoms in total. The molecule has 2 saturated heterocycles. The second-order valence-corrected chi connectivity index (χ2v) is 8.96. The number of hydrogen-bond acceptors (Lipinski definition) is 5. The van der Waals surface area contributed by atoms with Crippen LogP contribution in [0, 0.1) is 22.7 Å². The lowest BCUT2D eigenvalue weighted by Crippen LogP contribution is -2.53. The van der Waals surface area contributed by atoms with Gasteiger partial charge >= 0.3 is 6.18 Å². The standard InChI is InChI=1S/C25H26F3N3O3/c1-33-16-24-14-30(23(32)17-4-7-21(34-2)8-5-17)10-9-19(24)13-31(15-24)20-6-3-18(12-29)22(11-20)25(26,27)28/h3-8,11,19H,9-10,13-16H2,1-2H3. The van der Waals surface area contributed by atoms with Crippen molar-refractivity contribution in [2.75, 3.05) is 51.9 Å². The quantitative estimate of drug-likeness (QED) is 0.651. The van der Waals surface area contributed by atoms with Crippen molar-refractivity contribution in [3.8, 4) is 11.8 Å². The van der Waals surface area contributed by atoms with E-state index in [0.717, 1.165) is 12.5 Å². The van der Waals surface area contributed by atoms with Crippen LogP contribution in [0.1, 0.15) is 27.9 Å². The highest BCUT2D eigenvalue weighted by Gasteiger charge is 2.51. The molecule has 34 heavy (non-hydrogen) atoms. The summed E-state index contributed by atoms with van der Waals surface area (Å²) >= 11 is 0. The number of benzene rings is 2. The summed E-state index contributed by atoms with van der Waals surface area (Å²) in [7, 11) is 3.16. The number of halogens is 3. The smallest absolute Gasteiger partial charge is 0.417 e. The van der Waals surface area contributed by atoms with Gasteiger partial charge in [0, 0.05) is 50.0 Å². The Morgan fingerprint density at radius 3 is 2.53 bits per heavy atom. The number of ether oxygens (including phenoxy) is 2. The third kappa shape index (κ3) is 4.42. The Kier molecular flexibility index (Phi) is 6.45. The van der Waals surface area contributed by atoms with Crippen molar-refractivity contribution in [1.29, 1.82) is 5.26 Å². The van der Waals surface area contributed by atoms with E-state index in [9.17, 15) is 18.0 Å². The van der Waals surface area contributed by atoms with E-state index in [2.05, 4.69) is 0 Å². The zero-order chi connectivity index (χ0) is 24.5. The number of rotatable bonds is 5. The number of carbonyl (C=O) groups excluding carboxylic acids is 1. The van der Waals surface area contributed by atoms with E-state index in [-0.39, 0.29) is 11.8 Å². The first-order valence-electron chi connectivity index (χ1n) is 11.0. The number of hydrogen-bond donors (Lipinski definition) is 0. The minimum Gasteiger partial charge on any atom is -0.497 e. The van der Waals surface area contributed by atoms with E-state index in [1.54, 1.807) is 55.5 Å². The number of amides is 1. The predicted molar refractivity (Wildman–Crippen MR) is 120 cm³/mol. The van der Waals surface area contributed by atoms with Gasteiger partial charge in [-0.1, -0.05) is 0 Å². The molecule has 0 saturated carbocycles. The zero-order valence-electron chi connectivity index (χ0n) is 19.1. The maximum Gasteiger partial charge on any atom is 0.417 e. The Labute approximate surface area is 196 Å². The highest BCUT2D eigenvalue weighted by Crippen LogP contribution is 2.45. The number of fused-ring (bicyclic) bond motifs is 1. The van der Waals surface area contributed by atoms with Crippen LogP contribution >= 0.6 is 0 Å². The lowest BCUT2D eigenvalue weighted by molar-refractivity contribution is -0.137. The highest BCUT2D eigenvalue weighted by molar-refractivity contribution is 5.94. The topological polar surface area (TPSA) is 65.8 Å². The van der Waals surface area contributed by atoms with Gasteiger partial charge in [0.15, 0.2) is 0 Å². The van der Waals surface area contributed by atoms with Crippen molar-refractivity contribution in [3.05, 3.63) is 59.2 Å². The molecule has 0 aromatic heterocycles. The van der Waals surface area contributed by atoms with Gasteiger partial charge in [0.2, 0.25) is 0 Å². The number of nitriles is 1. The summed E-state index contributed by atoms with van der Waals surface area (Å²) in [6, 6.07) is 12.4. The van der Waals surface area contributed by atoms with Crippen molar-refractivity contribution in [2.24, 2.45) is 11.3 Å². The summed E-state index contributed by atoms with van der Waals surface area (Å²) in [5.41, 5.74) is -0.746. The van der Waals surface area contributed by atoms with Crippen molar-refractivity contribution < 1.29 is 27.4 Å². The molecule has 2 aliphatic rings. The largest absolute Gasteiger partial charge is 0.497 e. The van der Waals surface area contributed by atoms with Crippen LogP contribution in [-0.4, -0.2) is 57.8 Å². The Morgan fingerprint density at radius 2 is 1.91 bits per heavy atom. The molecule has 1 amide bonds. The van der Waals surface area contributed by atoms with Gasteiger partial charge in [-0.15, -0.1) is 0 Å². The summed E-state index contributed by atoms with van der Waals surface area (Å²) in [5, 5.41) is 9.10. The Hall–Kier alpha value is -3.25. The summed E-state index contributed by atoms with van der Waals surface area (Å²) < 4.78 is 51.2. The maximum absolute atomic E-state index is 13.5. The van der Waals surface area contributed by atoms with Gasteiger partial charge in [-0.2, -0.15) is 18.4 Å². The average molecular weight is 473 g/mol. The molecule has 0 bridgehead atoms. The lowest BCUT2D eigenvalue weighted by atomic mass is 9.73. The van der Waals surface area contributed by atoms with E-state index in [0.29, 0.717) is 49.8 Å². The highest BCUT2D eigenvalue weighted by atomic mass is 19.4. The fraction of sp³-hybridized carbons (Fsp3) is 0.440. The minimum atomic E-state index is -4.61. The summed E-state index contributed by atoms with van der Waals surface area (Å²) in [6.45, 7) is 2.44. The monoisotopic (exact) mass is 473 g/mol. The van der Waals surface area contributed by atoms with Crippen LogP contribution in [0.2, 0.25) is 0 Å². The van der Waals surface area contributed by atoms with Crippen LogP contribution in [-0.2, 0) is 10.9 Å². The van der Waals surface area contributed by atoms with Crippen LogP contribution in [0.15, 0.2) is 42.5 Å². The number of carbonyl (C=O) groups is 1. The van der Waals surface area contributed by atoms with Crippen molar-refractivity contribution in [3.63, 3.8) is 0 Å². The molecule has 2 unspecified atom stereocenters. The number of likely N-dealkylation sites (tertiary alicyclic amines) is 1. The Morgan fingerprint density at radius 1 is 1.18 bits per heavy atom. The minimum absolute atomic E-state index is 0.0900. The van der Waals surface area contributed by atoms with E-state index in [4.69, 9.17) is 14.7 Å². The molecule has 2 aromatic rings. The van der Waals surface area contributed by atoms with E-state index in [1.165, 1.54) is 6.07 Å². The molecule has 0 N–H and O–H groups in total. The molecule has 2 aliphatic heterocycles. The molecular formula is C25H26F3N3O3. The third-order valence-electron chi connectivity index (χ3n) is 6.92. The Bertz CT molecular complexity index is 1100. The SMILES string of the molecule is COCC12CN(C(=O)c3ccc(OC)cc3)CCC1CN(c1ccc(C#N)c(C(F)(F)F)c1)C2. The molecule has 2 heterocycles. The molecule has 2 atom stereocenters. The predicted octanol–water partition coefficient (Wildman–Crippen LogP) is 4.20. The van der Waals surface area contributed by atoms with Gasteiger partial charge in [-0.05, 0) is 54.8 Å². The first-order chi connectivity index (χ1) is 16.2. The van der Waals surface area contributed by atoms with Gasteiger partial charge in [0.1, 0.15) is 5.75 Å². The number of anilines is 1. The van der Waals surface area contributed by atoms with Gasteiger partial charge < -0.3 is 19.3 Å². The van der Waals surface area contributed by atoms with E-state index < -0.39 is 22.7 Å². The Balaban J connectivity index is 1.58. The molecule has 2 aromatic carbocycles. The second-order valence-electron chi connectivity index (χ2n) is 8.96. The lowest BCUT2D eigenvalue weighted by Gasteiger charge is -2.43. The maximum atomic E-state index is 13.5. The molecule has 2 fully saturated rings. The van der Waals surface area contributed by atoms with Gasteiger partial charge in [0.05, 0.1) is 30.9 Å². The third-order valence-corrected chi connectivity index (χ3v) is 6.92. The van der Waals surface area contributed by atoms with Crippen molar-refractivity contribution >= 4 is 11.6 Å². The molecule has 4 rings (SSSR count). The first-order valence-corrected chi connectivity index (χ1v) is 11.0. The van der Waals surface area contributed by atoms with Crippen molar-refractivity contribution in [2.45, 2.75) is 12.6 Å². The van der Waals surface area contributed by atoms with Crippen LogP contribution in [0.4, 0.5) is 18.9 Å². The molecule has 0 spiro atoms. The summed E-state index contributed by atoms with van der Waals surface area (Å²) in [4.78, 5) is 16.9. The second kappa shape index (κ2) is 9.18. The molecule has 0 aliphatic carbocycles. The van der Waals surface area contributed by atoms with Crippen LogP contribution < -0.4 is 9.64 Å². The molecular weight excluding hydrogens is 447 g/mol. The van der Waals surface area contributed by atoms with Crippen LogP contribution in [0.25, 0.3) is 0 Å². The zero-order valence-corrected chi connectivity index (χ0v) is 19.1. The first kappa shape index (κ1) is 23.9. The number of piperidine rings is 1. The van der Waals surface area contributed by atoms with Crippen LogP contribution in [0.3, 0.4) is 0 Å². The summed E-state index contributed by atoms with van der Waals surface area (Å²) in [6.07, 6.45) is -3.89. The molecule has 9 heteroatoms. The van der Waals surface area contributed by atoms with Crippen LogP contribution in [0.5, 0.6) is 5.75 Å². The molecule has 0 radical (unpaired) electrons. The van der Waals surface area contributed by atoms with E-state index >= 15 is 0 Å². The average Bonchev–Trinajstić information content (AvgIpc) is 3.21. The normalized spacial score (nSPS) is 22.3. The van der Waals surface area contributed by atoms with Crippen molar-refractivity contribution in [1.82, 2.24) is 4.90 Å². The van der Waals surface area contributed by atoms with Gasteiger partial charge in [-0.3, -0.25) is 4.79 Å². The molecule has 180 valence electrons. The fourth-order valence-electron chi connectivity index (χ4n) is 5.22. The fourth-order valence-corrected chi connectivity index (χ4v) is 5.22. The van der Waals surface area contributed by atoms with E-state index in [1.807, 2.05) is 4.90 Å². The van der Waals surface area contributed by atoms with Gasteiger partial charge in [-0.25, -0.2) is 0 Å². The van der Waals surface area contributed by atoms with Gasteiger partial charge in [0.25, 0.3) is 5.91 Å². The number of methoxy groups -OCH3 is 2.